The molecule has 3 N–H and O–H groups in total. The molecule has 0 amide bonds. The van der Waals surface area contributed by atoms with Crippen LogP contribution in [0.2, 0.25) is 0 Å². The largest absolute Gasteiger partial charge is 0.493 e. The number of rotatable bonds is 5. The van der Waals surface area contributed by atoms with Gasteiger partial charge in [-0.25, -0.2) is 9.97 Å². The van der Waals surface area contributed by atoms with Crippen molar-refractivity contribution in [2.75, 3.05) is 44.5 Å². The maximum atomic E-state index is 6.10. The summed E-state index contributed by atoms with van der Waals surface area (Å²) >= 11 is 0. The Morgan fingerprint density at radius 2 is 1.88 bits per heavy atom. The summed E-state index contributed by atoms with van der Waals surface area (Å²) in [5, 5.41) is 3.50. The lowest BCUT2D eigenvalue weighted by atomic mass is 10.0. The highest BCUT2D eigenvalue weighted by atomic mass is 16.5. The van der Waals surface area contributed by atoms with E-state index in [1.54, 1.807) is 20.4 Å². The number of nitrogens with zero attached hydrogens (tertiary/aromatic N) is 5. The Bertz CT molecular complexity index is 1340. The van der Waals surface area contributed by atoms with Crippen LogP contribution in [0.1, 0.15) is 17.2 Å². The molecule has 4 aromatic rings. The van der Waals surface area contributed by atoms with Crippen molar-refractivity contribution < 1.29 is 9.47 Å². The van der Waals surface area contributed by atoms with E-state index in [4.69, 9.17) is 20.2 Å². The summed E-state index contributed by atoms with van der Waals surface area (Å²) in [6.07, 6.45) is 1.69. The molecule has 1 unspecified atom stereocenters. The van der Waals surface area contributed by atoms with Crippen molar-refractivity contribution in [2.24, 2.45) is 0 Å². The SMILES string of the molecule is COc1ccc(-c2cnc3nc(N)nc(N4CCNCC4c4cccc(C)c4)c3n2)cc1OC. The molecule has 1 fully saturated rings. The molecule has 0 radical (unpaired) electrons. The van der Waals surface area contributed by atoms with E-state index < -0.39 is 0 Å². The monoisotopic (exact) mass is 457 g/mol. The van der Waals surface area contributed by atoms with Crippen LogP contribution in [0.5, 0.6) is 11.5 Å². The highest BCUT2D eigenvalue weighted by molar-refractivity contribution is 5.86. The zero-order chi connectivity index (χ0) is 23.7. The second kappa shape index (κ2) is 9.11. The van der Waals surface area contributed by atoms with Crippen molar-refractivity contribution in [2.45, 2.75) is 13.0 Å². The number of benzene rings is 2. The van der Waals surface area contributed by atoms with Crippen molar-refractivity contribution in [3.63, 3.8) is 0 Å². The van der Waals surface area contributed by atoms with E-state index in [1.807, 2.05) is 18.2 Å². The molecule has 1 aliphatic heterocycles. The minimum atomic E-state index is 0.0812. The first kappa shape index (κ1) is 21.8. The fraction of sp³-hybridized carbons (Fsp3) is 0.280. The van der Waals surface area contributed by atoms with Crippen LogP contribution >= 0.6 is 0 Å². The normalized spacial score (nSPS) is 16.0. The molecule has 1 saturated heterocycles. The van der Waals surface area contributed by atoms with Gasteiger partial charge in [-0.3, -0.25) is 0 Å². The smallest absolute Gasteiger partial charge is 0.224 e. The third-order valence-electron chi connectivity index (χ3n) is 6.03. The van der Waals surface area contributed by atoms with Gasteiger partial charge in [0.1, 0.15) is 0 Å². The van der Waals surface area contributed by atoms with Gasteiger partial charge in [-0.15, -0.1) is 0 Å². The van der Waals surface area contributed by atoms with E-state index in [9.17, 15) is 0 Å². The Labute approximate surface area is 198 Å². The van der Waals surface area contributed by atoms with Crippen molar-refractivity contribution in [3.8, 4) is 22.8 Å². The second-order valence-electron chi connectivity index (χ2n) is 8.23. The van der Waals surface area contributed by atoms with Crippen LogP contribution in [-0.4, -0.2) is 53.8 Å². The van der Waals surface area contributed by atoms with E-state index in [0.29, 0.717) is 34.2 Å². The van der Waals surface area contributed by atoms with E-state index in [-0.39, 0.29) is 12.0 Å². The molecule has 2 aromatic heterocycles. The number of piperazine rings is 1. The van der Waals surface area contributed by atoms with E-state index in [1.165, 1.54) is 11.1 Å². The number of hydrogen-bond acceptors (Lipinski definition) is 9. The molecule has 34 heavy (non-hydrogen) atoms. The molecule has 5 rings (SSSR count). The molecule has 1 aliphatic rings. The molecule has 0 bridgehead atoms. The van der Waals surface area contributed by atoms with Crippen molar-refractivity contribution in [1.82, 2.24) is 25.3 Å². The lowest BCUT2D eigenvalue weighted by Gasteiger charge is -2.37. The lowest BCUT2D eigenvalue weighted by molar-refractivity contribution is 0.355. The van der Waals surface area contributed by atoms with Crippen molar-refractivity contribution >= 4 is 22.9 Å². The van der Waals surface area contributed by atoms with Gasteiger partial charge >= 0.3 is 0 Å². The van der Waals surface area contributed by atoms with Gasteiger partial charge in [0.05, 0.1) is 32.2 Å². The van der Waals surface area contributed by atoms with Gasteiger partial charge in [-0.05, 0) is 30.7 Å². The van der Waals surface area contributed by atoms with Crippen LogP contribution in [0, 0.1) is 6.92 Å². The Morgan fingerprint density at radius 1 is 1.03 bits per heavy atom. The first-order valence-electron chi connectivity index (χ1n) is 11.1. The van der Waals surface area contributed by atoms with Crippen LogP contribution in [0.15, 0.2) is 48.7 Å². The van der Waals surface area contributed by atoms with Gasteiger partial charge in [0.15, 0.2) is 28.5 Å². The molecule has 1 atom stereocenters. The minimum Gasteiger partial charge on any atom is -0.493 e. The average molecular weight is 458 g/mol. The maximum Gasteiger partial charge on any atom is 0.224 e. The number of nitrogen functional groups attached to an aromatic ring is 1. The van der Waals surface area contributed by atoms with Crippen LogP contribution in [0.3, 0.4) is 0 Å². The summed E-state index contributed by atoms with van der Waals surface area (Å²) in [4.78, 5) is 20.7. The van der Waals surface area contributed by atoms with Crippen molar-refractivity contribution in [1.29, 1.82) is 0 Å². The van der Waals surface area contributed by atoms with Gasteiger partial charge in [0.25, 0.3) is 0 Å². The molecule has 0 spiro atoms. The predicted octanol–water partition coefficient (Wildman–Crippen LogP) is 3.15. The van der Waals surface area contributed by atoms with Gasteiger partial charge in [0.2, 0.25) is 5.95 Å². The predicted molar refractivity (Wildman–Crippen MR) is 132 cm³/mol. The first-order valence-corrected chi connectivity index (χ1v) is 11.1. The molecule has 0 aliphatic carbocycles. The van der Waals surface area contributed by atoms with E-state index >= 15 is 0 Å². The summed E-state index contributed by atoms with van der Waals surface area (Å²) in [6, 6.07) is 14.3. The Hall–Kier alpha value is -3.98. The quantitative estimate of drug-likeness (QED) is 0.467. The Balaban J connectivity index is 1.63. The highest BCUT2D eigenvalue weighted by Crippen LogP contribution is 2.34. The molecule has 9 nitrogen and oxygen atoms in total. The number of hydrogen-bond donors (Lipinski definition) is 2. The number of nitrogens with one attached hydrogen (secondary N) is 1. The van der Waals surface area contributed by atoms with Gasteiger partial charge in [-0.2, -0.15) is 9.97 Å². The molecule has 2 aromatic carbocycles. The Morgan fingerprint density at radius 3 is 2.68 bits per heavy atom. The van der Waals surface area contributed by atoms with E-state index in [0.717, 1.165) is 25.2 Å². The second-order valence-corrected chi connectivity index (χ2v) is 8.23. The minimum absolute atomic E-state index is 0.0812. The van der Waals surface area contributed by atoms with Crippen LogP contribution < -0.4 is 25.4 Å². The number of fused-ring (bicyclic) bond motifs is 1. The van der Waals surface area contributed by atoms with Crippen LogP contribution in [0.4, 0.5) is 11.8 Å². The van der Waals surface area contributed by atoms with Gasteiger partial charge in [0, 0.05) is 25.2 Å². The molecular formula is C25H27N7O2. The zero-order valence-electron chi connectivity index (χ0n) is 19.4. The number of aromatic nitrogens is 4. The summed E-state index contributed by atoms with van der Waals surface area (Å²) in [5.41, 5.74) is 11.1. The summed E-state index contributed by atoms with van der Waals surface area (Å²) in [7, 11) is 3.22. The summed E-state index contributed by atoms with van der Waals surface area (Å²) in [6.45, 7) is 4.48. The summed E-state index contributed by atoms with van der Waals surface area (Å²) in [5.74, 6) is 2.14. The van der Waals surface area contributed by atoms with Gasteiger partial charge < -0.3 is 25.4 Å². The third-order valence-corrected chi connectivity index (χ3v) is 6.03. The molecule has 174 valence electrons. The van der Waals surface area contributed by atoms with E-state index in [2.05, 4.69) is 56.4 Å². The number of methoxy groups -OCH3 is 2. The fourth-order valence-electron chi connectivity index (χ4n) is 4.38. The average Bonchev–Trinajstić information content (AvgIpc) is 2.87. The molecular weight excluding hydrogens is 430 g/mol. The Kier molecular flexibility index (Phi) is 5.85. The maximum absolute atomic E-state index is 6.10. The number of nitrogens with two attached hydrogens (primary N) is 1. The molecule has 9 heteroatoms. The first-order chi connectivity index (χ1) is 16.6. The third kappa shape index (κ3) is 4.06. The topological polar surface area (TPSA) is 111 Å². The highest BCUT2D eigenvalue weighted by Gasteiger charge is 2.28. The lowest BCUT2D eigenvalue weighted by Crippen LogP contribution is -2.46. The number of anilines is 2. The standard InChI is InChI=1S/C25H27N7O2/c1-15-5-4-6-17(11-15)19-14-27-9-10-32(19)24-22-23(30-25(26)31-24)28-13-18(29-22)16-7-8-20(33-2)21(12-16)34-3/h4-8,11-13,19,27H,9-10,14H2,1-3H3,(H2,26,28,30,31). The molecule has 3 heterocycles. The van der Waals surface area contributed by atoms with Crippen molar-refractivity contribution in [3.05, 3.63) is 59.8 Å². The number of aryl methyl sites for hydroxylation is 1. The van der Waals surface area contributed by atoms with Gasteiger partial charge in [-0.1, -0.05) is 29.8 Å². The number of ether oxygens (including phenoxy) is 2. The summed E-state index contributed by atoms with van der Waals surface area (Å²) < 4.78 is 10.8. The van der Waals surface area contributed by atoms with Crippen LogP contribution in [-0.2, 0) is 0 Å². The van der Waals surface area contributed by atoms with Crippen LogP contribution in [0.25, 0.3) is 22.4 Å². The zero-order valence-corrected chi connectivity index (χ0v) is 19.4. The fourth-order valence-corrected chi connectivity index (χ4v) is 4.38. The molecule has 0 saturated carbocycles.